The molecular weight excluding hydrogens is 500 g/mol. The molecule has 6 atom stereocenters. The van der Waals surface area contributed by atoms with E-state index in [9.17, 15) is 26.4 Å². The van der Waals surface area contributed by atoms with Crippen molar-refractivity contribution < 1.29 is 26.4 Å². The average Bonchev–Trinajstić information content (AvgIpc) is 3.45. The lowest BCUT2D eigenvalue weighted by atomic mass is 9.69. The Balaban J connectivity index is 1.33. The van der Waals surface area contributed by atoms with E-state index in [1.807, 2.05) is 0 Å². The van der Waals surface area contributed by atoms with Crippen LogP contribution in [0.25, 0.3) is 0 Å². The third-order valence-corrected chi connectivity index (χ3v) is 16.0. The van der Waals surface area contributed by atoms with Crippen molar-refractivity contribution in [2.45, 2.75) is 91.6 Å². The van der Waals surface area contributed by atoms with Gasteiger partial charge in [-0.25, -0.2) is 25.4 Å². The van der Waals surface area contributed by atoms with Crippen LogP contribution in [0.1, 0.15) is 79.6 Å². The highest BCUT2D eigenvalue weighted by Crippen LogP contribution is 2.71. The summed E-state index contributed by atoms with van der Waals surface area (Å²) in [7, 11) is -7.65. The second-order valence-electron chi connectivity index (χ2n) is 13.5. The molecule has 6 aliphatic rings. The maximum absolute atomic E-state index is 13.7. The normalized spacial score (nSPS) is 44.2. The number of amides is 2. The van der Waals surface area contributed by atoms with E-state index in [1.54, 1.807) is 6.92 Å². The molecule has 2 aliphatic heterocycles. The molecule has 0 unspecified atom stereocenters. The molecular formula is C26H38N2O6S2. The largest absolute Gasteiger partial charge is 0.269 e. The molecule has 0 aromatic carbocycles. The number of carbonyl (C=O) groups excluding carboxylic acids is 2. The van der Waals surface area contributed by atoms with Crippen molar-refractivity contribution in [3.63, 3.8) is 0 Å². The van der Waals surface area contributed by atoms with E-state index >= 15 is 0 Å². The standard InChI is InChI=1S/C26H38N2O6S2/c1-6-16(22(30)28-20-13-18-8-10-26(20,24(18,4)5)15-36(28,33)34)11-21(29)27-19-12-17-7-9-25(19,23(17,2)3)14-35(27,31)32/h11,17-20H,6-10,12-15H2,1-5H3/b16-11+/t17-,18-,19-,20-,25-,26-/m1/s1. The minimum absolute atomic E-state index is 0.0353. The van der Waals surface area contributed by atoms with Crippen molar-refractivity contribution >= 4 is 31.9 Å². The monoisotopic (exact) mass is 538 g/mol. The van der Waals surface area contributed by atoms with Crippen LogP contribution in [-0.2, 0) is 29.6 Å². The fourth-order valence-corrected chi connectivity index (χ4v) is 14.9. The van der Waals surface area contributed by atoms with Crippen LogP contribution in [-0.4, -0.2) is 60.8 Å². The molecule has 0 radical (unpaired) electrons. The average molecular weight is 539 g/mol. The van der Waals surface area contributed by atoms with E-state index in [0.717, 1.165) is 40.4 Å². The summed E-state index contributed by atoms with van der Waals surface area (Å²) in [4.78, 5) is 27.3. The minimum atomic E-state index is -3.83. The molecule has 6 fully saturated rings. The number of nitrogens with zero attached hydrogens (tertiary/aromatic N) is 2. The van der Waals surface area contributed by atoms with Gasteiger partial charge in [0, 0.05) is 22.5 Å². The van der Waals surface area contributed by atoms with E-state index in [-0.39, 0.29) is 40.4 Å². The number of hydrogen-bond acceptors (Lipinski definition) is 6. The molecule has 4 saturated carbocycles. The van der Waals surface area contributed by atoms with Crippen molar-refractivity contribution in [2.24, 2.45) is 33.5 Å². The summed E-state index contributed by atoms with van der Waals surface area (Å²) in [6.45, 7) is 10.2. The number of carbonyl (C=O) groups is 2. The summed E-state index contributed by atoms with van der Waals surface area (Å²) in [5, 5.41) is 0. The first-order valence-electron chi connectivity index (χ1n) is 13.4. The van der Waals surface area contributed by atoms with Gasteiger partial charge in [-0.3, -0.25) is 9.59 Å². The smallest absolute Gasteiger partial charge is 0.263 e. The van der Waals surface area contributed by atoms with Crippen molar-refractivity contribution in [1.82, 2.24) is 8.61 Å². The van der Waals surface area contributed by atoms with E-state index in [1.165, 1.54) is 0 Å². The van der Waals surface area contributed by atoms with Crippen molar-refractivity contribution in [3.8, 4) is 0 Å². The third kappa shape index (κ3) is 2.66. The second kappa shape index (κ2) is 6.96. The maximum atomic E-state index is 13.7. The molecule has 8 nitrogen and oxygen atoms in total. The lowest BCUT2D eigenvalue weighted by Gasteiger charge is -2.37. The van der Waals surface area contributed by atoms with Crippen LogP contribution in [0.3, 0.4) is 0 Å². The van der Waals surface area contributed by atoms with Gasteiger partial charge in [0.15, 0.2) is 0 Å². The molecule has 2 spiro atoms. The molecule has 36 heavy (non-hydrogen) atoms. The first-order chi connectivity index (χ1) is 16.6. The van der Waals surface area contributed by atoms with Gasteiger partial charge in [-0.05, 0) is 67.6 Å². The van der Waals surface area contributed by atoms with Gasteiger partial charge in [-0.2, -0.15) is 0 Å². The fraction of sp³-hybridized carbons (Fsp3) is 0.846. The van der Waals surface area contributed by atoms with Crippen LogP contribution in [0.4, 0.5) is 0 Å². The molecule has 0 aromatic rings. The second-order valence-corrected chi connectivity index (χ2v) is 17.2. The third-order valence-electron chi connectivity index (χ3n) is 12.2. The Hall–Kier alpha value is -1.42. The lowest BCUT2D eigenvalue weighted by Crippen LogP contribution is -2.45. The van der Waals surface area contributed by atoms with Gasteiger partial charge in [0.05, 0.1) is 23.6 Å². The van der Waals surface area contributed by atoms with E-state index < -0.39 is 48.7 Å². The summed E-state index contributed by atoms with van der Waals surface area (Å²) in [6, 6.07) is -0.780. The molecule has 10 heteroatoms. The highest BCUT2D eigenvalue weighted by Gasteiger charge is 2.73. The highest BCUT2D eigenvalue weighted by atomic mass is 32.2. The Labute approximate surface area is 215 Å². The van der Waals surface area contributed by atoms with Crippen LogP contribution in [0.15, 0.2) is 11.6 Å². The minimum Gasteiger partial charge on any atom is -0.269 e. The molecule has 2 heterocycles. The molecule has 2 amide bonds. The Bertz CT molecular complexity index is 1320. The Kier molecular flexibility index (Phi) is 4.81. The van der Waals surface area contributed by atoms with Crippen LogP contribution >= 0.6 is 0 Å². The van der Waals surface area contributed by atoms with E-state index in [2.05, 4.69) is 27.7 Å². The zero-order valence-electron chi connectivity index (χ0n) is 21.9. The number of fused-ring (bicyclic) bond motifs is 2. The first-order valence-corrected chi connectivity index (χ1v) is 16.6. The van der Waals surface area contributed by atoms with Gasteiger partial charge in [0.25, 0.3) is 11.8 Å². The Morgan fingerprint density at radius 3 is 1.69 bits per heavy atom. The topological polar surface area (TPSA) is 109 Å². The number of sulfonamides is 2. The SMILES string of the molecule is CC/C(=C\C(=O)N1[C@@H]2C[C@H]3CC[C@]2(CS1(=O)=O)C3(C)C)C(=O)N1[C@@H]2C[C@H]3CC[C@]2(CS1(=O)=O)C3(C)C. The first kappa shape index (κ1) is 24.9. The summed E-state index contributed by atoms with van der Waals surface area (Å²) in [6.07, 6.45) is 6.11. The molecule has 4 aliphatic carbocycles. The molecule has 4 bridgehead atoms. The van der Waals surface area contributed by atoms with E-state index in [4.69, 9.17) is 0 Å². The van der Waals surface area contributed by atoms with Crippen LogP contribution in [0.5, 0.6) is 0 Å². The molecule has 0 aromatic heterocycles. The lowest BCUT2D eigenvalue weighted by molar-refractivity contribution is -0.127. The van der Waals surface area contributed by atoms with Gasteiger partial charge in [0.1, 0.15) is 0 Å². The Morgan fingerprint density at radius 2 is 1.25 bits per heavy atom. The van der Waals surface area contributed by atoms with Gasteiger partial charge in [-0.15, -0.1) is 0 Å². The predicted molar refractivity (Wildman–Crippen MR) is 134 cm³/mol. The molecule has 6 rings (SSSR count). The van der Waals surface area contributed by atoms with Gasteiger partial charge >= 0.3 is 0 Å². The molecule has 2 saturated heterocycles. The summed E-state index contributed by atoms with van der Waals surface area (Å²) >= 11 is 0. The Morgan fingerprint density at radius 1 is 0.806 bits per heavy atom. The van der Waals surface area contributed by atoms with Gasteiger partial charge < -0.3 is 0 Å². The summed E-state index contributed by atoms with van der Waals surface area (Å²) in [5.74, 6) is -0.690. The molecule has 200 valence electrons. The number of hydrogen-bond donors (Lipinski definition) is 0. The fourth-order valence-electron chi connectivity index (χ4n) is 9.80. The van der Waals surface area contributed by atoms with Crippen LogP contribution < -0.4 is 0 Å². The molecule has 0 N–H and O–H groups in total. The van der Waals surface area contributed by atoms with E-state index in [0.29, 0.717) is 24.7 Å². The quantitative estimate of drug-likeness (QED) is 0.511. The zero-order chi connectivity index (χ0) is 26.3. The zero-order valence-corrected chi connectivity index (χ0v) is 23.5. The van der Waals surface area contributed by atoms with Crippen molar-refractivity contribution in [2.75, 3.05) is 11.5 Å². The van der Waals surface area contributed by atoms with Crippen LogP contribution in [0.2, 0.25) is 0 Å². The van der Waals surface area contributed by atoms with Crippen molar-refractivity contribution in [3.05, 3.63) is 11.6 Å². The van der Waals surface area contributed by atoms with Gasteiger partial charge in [0.2, 0.25) is 20.0 Å². The maximum Gasteiger partial charge on any atom is 0.263 e. The summed E-state index contributed by atoms with van der Waals surface area (Å²) in [5.41, 5.74) is -1.17. The van der Waals surface area contributed by atoms with Crippen molar-refractivity contribution in [1.29, 1.82) is 0 Å². The predicted octanol–water partition coefficient (Wildman–Crippen LogP) is 3.06. The van der Waals surface area contributed by atoms with Gasteiger partial charge in [-0.1, -0.05) is 34.6 Å². The summed E-state index contributed by atoms with van der Waals surface area (Å²) < 4.78 is 55.4. The number of rotatable bonds is 3. The van der Waals surface area contributed by atoms with Crippen LogP contribution in [0, 0.1) is 33.5 Å². The highest BCUT2D eigenvalue weighted by molar-refractivity contribution is 7.90.